The Morgan fingerprint density at radius 1 is 1.05 bits per heavy atom. The lowest BCUT2D eigenvalue weighted by atomic mass is 10.00. The van der Waals surface area contributed by atoms with Crippen molar-refractivity contribution in [2.75, 3.05) is 0 Å². The Labute approximate surface area is 136 Å². The number of fused-ring (bicyclic) bond motifs is 1. The van der Waals surface area contributed by atoms with Gasteiger partial charge in [-0.15, -0.1) is 0 Å². The molecule has 3 aromatic rings. The highest BCUT2D eigenvalue weighted by Gasteiger charge is 2.12. The number of aliphatic hydroxyl groups is 1. The largest absolute Gasteiger partial charge is 0.384 e. The first-order valence-electron chi connectivity index (χ1n) is 6.54. The molecule has 1 atom stereocenters. The van der Waals surface area contributed by atoms with Crippen molar-refractivity contribution in [1.29, 1.82) is 0 Å². The fourth-order valence-electron chi connectivity index (χ4n) is 2.34. The Kier molecular flexibility index (Phi) is 3.98. The van der Waals surface area contributed by atoms with Crippen LogP contribution in [-0.4, -0.2) is 10.1 Å². The maximum Gasteiger partial charge on any atom is 0.104 e. The molecule has 106 valence electrons. The van der Waals surface area contributed by atoms with Crippen LogP contribution in [0.5, 0.6) is 0 Å². The molecule has 0 aliphatic rings. The Morgan fingerprint density at radius 3 is 2.62 bits per heavy atom. The Balaban J connectivity index is 2.04. The van der Waals surface area contributed by atoms with Gasteiger partial charge in [-0.2, -0.15) is 0 Å². The predicted octanol–water partition coefficient (Wildman–Crippen LogP) is 5.04. The first kappa shape index (κ1) is 14.5. The normalized spacial score (nSPS) is 12.6. The summed E-state index contributed by atoms with van der Waals surface area (Å²) in [5, 5.41) is 12.2. The second-order valence-electron chi connectivity index (χ2n) is 5.01. The zero-order valence-corrected chi connectivity index (χ0v) is 13.7. The molecule has 0 bridgehead atoms. The molecule has 1 aromatic heterocycles. The molecule has 0 fully saturated rings. The van der Waals surface area contributed by atoms with Gasteiger partial charge in [0.2, 0.25) is 0 Å². The third-order valence-corrected chi connectivity index (χ3v) is 4.04. The van der Waals surface area contributed by atoms with E-state index in [1.165, 1.54) is 0 Å². The van der Waals surface area contributed by atoms with Crippen LogP contribution in [-0.2, 0) is 0 Å². The third-order valence-electron chi connectivity index (χ3n) is 3.37. The van der Waals surface area contributed by atoms with Gasteiger partial charge in [0, 0.05) is 20.6 Å². The molecule has 4 heteroatoms. The average molecular weight is 363 g/mol. The number of benzene rings is 2. The van der Waals surface area contributed by atoms with Crippen LogP contribution in [0, 0.1) is 6.92 Å². The topological polar surface area (TPSA) is 33.1 Å². The minimum Gasteiger partial charge on any atom is -0.384 e. The number of aliphatic hydroxyl groups excluding tert-OH is 1. The quantitative estimate of drug-likeness (QED) is 0.692. The van der Waals surface area contributed by atoms with E-state index in [4.69, 9.17) is 11.6 Å². The maximum absolute atomic E-state index is 10.6. The summed E-state index contributed by atoms with van der Waals surface area (Å²) in [5.74, 6) is 0. The first-order valence-corrected chi connectivity index (χ1v) is 7.71. The minimum absolute atomic E-state index is 0.594. The molecular formula is C17H13BrClNO. The fraction of sp³-hybridized carbons (Fsp3) is 0.118. The van der Waals surface area contributed by atoms with Gasteiger partial charge in [0.25, 0.3) is 0 Å². The van der Waals surface area contributed by atoms with Crippen molar-refractivity contribution < 1.29 is 5.11 Å². The van der Waals surface area contributed by atoms with E-state index in [-0.39, 0.29) is 0 Å². The summed E-state index contributed by atoms with van der Waals surface area (Å²) < 4.78 is 0.849. The van der Waals surface area contributed by atoms with Crippen LogP contribution < -0.4 is 0 Å². The van der Waals surface area contributed by atoms with Crippen LogP contribution in [0.25, 0.3) is 10.9 Å². The number of hydrogen-bond acceptors (Lipinski definition) is 2. The Bertz CT molecular complexity index is 799. The fourth-order valence-corrected chi connectivity index (χ4v) is 3.23. The van der Waals surface area contributed by atoms with Crippen molar-refractivity contribution in [2.45, 2.75) is 13.0 Å². The van der Waals surface area contributed by atoms with Gasteiger partial charge in [0.05, 0.1) is 5.52 Å². The second-order valence-corrected chi connectivity index (χ2v) is 6.36. The number of aryl methyl sites for hydroxylation is 1. The zero-order valence-electron chi connectivity index (χ0n) is 11.3. The van der Waals surface area contributed by atoms with Crippen LogP contribution in [0.1, 0.15) is 22.9 Å². The molecule has 21 heavy (non-hydrogen) atoms. The highest BCUT2D eigenvalue weighted by atomic mass is 79.9. The summed E-state index contributed by atoms with van der Waals surface area (Å²) >= 11 is 9.44. The number of pyridine rings is 1. The molecule has 0 spiro atoms. The SMILES string of the molecule is Cc1ccc2cc(C(O)c3cc(Cl)cc(Br)c3)ccc2n1. The molecule has 0 saturated carbocycles. The molecule has 0 aliphatic heterocycles. The number of halogens is 2. The number of rotatable bonds is 2. The smallest absolute Gasteiger partial charge is 0.104 e. The highest BCUT2D eigenvalue weighted by molar-refractivity contribution is 9.10. The lowest BCUT2D eigenvalue weighted by Gasteiger charge is -2.13. The summed E-state index contributed by atoms with van der Waals surface area (Å²) in [4.78, 5) is 4.47. The molecule has 2 aromatic carbocycles. The van der Waals surface area contributed by atoms with Gasteiger partial charge in [-0.05, 0) is 54.4 Å². The first-order chi connectivity index (χ1) is 10.0. The minimum atomic E-state index is -0.717. The second kappa shape index (κ2) is 5.76. The highest BCUT2D eigenvalue weighted by Crippen LogP contribution is 2.29. The standard InChI is InChI=1S/C17H13BrClNO/c1-10-2-3-11-6-12(4-5-16(11)20-10)17(21)13-7-14(18)9-15(19)8-13/h2-9,17,21H,1H3. The lowest BCUT2D eigenvalue weighted by molar-refractivity contribution is 0.220. The maximum atomic E-state index is 10.6. The number of aromatic nitrogens is 1. The predicted molar refractivity (Wildman–Crippen MR) is 89.7 cm³/mol. The lowest BCUT2D eigenvalue weighted by Crippen LogP contribution is -2.00. The van der Waals surface area contributed by atoms with Gasteiger partial charge in [0.15, 0.2) is 0 Å². The molecule has 3 rings (SSSR count). The van der Waals surface area contributed by atoms with Gasteiger partial charge in [-0.1, -0.05) is 39.7 Å². The van der Waals surface area contributed by atoms with Gasteiger partial charge in [-0.25, -0.2) is 0 Å². The van der Waals surface area contributed by atoms with Crippen molar-refractivity contribution in [1.82, 2.24) is 4.98 Å². The third kappa shape index (κ3) is 3.10. The van der Waals surface area contributed by atoms with E-state index in [2.05, 4.69) is 20.9 Å². The summed E-state index contributed by atoms with van der Waals surface area (Å²) in [5.41, 5.74) is 3.49. The summed E-state index contributed by atoms with van der Waals surface area (Å²) in [6.07, 6.45) is -0.717. The van der Waals surface area contributed by atoms with Crippen LogP contribution in [0.15, 0.2) is 53.0 Å². The van der Waals surface area contributed by atoms with E-state index >= 15 is 0 Å². The van der Waals surface area contributed by atoms with E-state index in [1.54, 1.807) is 12.1 Å². The van der Waals surface area contributed by atoms with E-state index in [9.17, 15) is 5.11 Å². The molecule has 1 unspecified atom stereocenters. The van der Waals surface area contributed by atoms with Crippen molar-refractivity contribution in [3.8, 4) is 0 Å². The van der Waals surface area contributed by atoms with E-state index < -0.39 is 6.10 Å². The van der Waals surface area contributed by atoms with E-state index in [1.807, 2.05) is 43.3 Å². The van der Waals surface area contributed by atoms with Gasteiger partial charge in [0.1, 0.15) is 6.10 Å². The summed E-state index contributed by atoms with van der Waals surface area (Å²) in [7, 11) is 0. The van der Waals surface area contributed by atoms with E-state index in [0.717, 1.165) is 32.2 Å². The molecule has 1 heterocycles. The van der Waals surface area contributed by atoms with E-state index in [0.29, 0.717) is 5.02 Å². The molecular weight excluding hydrogens is 350 g/mol. The molecule has 0 amide bonds. The van der Waals surface area contributed by atoms with Crippen molar-refractivity contribution in [3.05, 3.63) is 74.8 Å². The van der Waals surface area contributed by atoms with Gasteiger partial charge >= 0.3 is 0 Å². The van der Waals surface area contributed by atoms with Crippen LogP contribution in [0.3, 0.4) is 0 Å². The Hall–Kier alpha value is -1.42. The van der Waals surface area contributed by atoms with Crippen molar-refractivity contribution in [2.24, 2.45) is 0 Å². The zero-order chi connectivity index (χ0) is 15.0. The van der Waals surface area contributed by atoms with Gasteiger partial charge in [-0.3, -0.25) is 4.98 Å². The molecule has 1 N–H and O–H groups in total. The molecule has 2 nitrogen and oxygen atoms in total. The van der Waals surface area contributed by atoms with Crippen molar-refractivity contribution in [3.63, 3.8) is 0 Å². The average Bonchev–Trinajstić information content (AvgIpc) is 2.45. The van der Waals surface area contributed by atoms with Crippen molar-refractivity contribution >= 4 is 38.4 Å². The van der Waals surface area contributed by atoms with Gasteiger partial charge < -0.3 is 5.11 Å². The van der Waals surface area contributed by atoms with Crippen LogP contribution >= 0.6 is 27.5 Å². The number of hydrogen-bond donors (Lipinski definition) is 1. The Morgan fingerprint density at radius 2 is 1.86 bits per heavy atom. The number of nitrogens with zero attached hydrogens (tertiary/aromatic N) is 1. The molecule has 0 radical (unpaired) electrons. The summed E-state index contributed by atoms with van der Waals surface area (Å²) in [6, 6.07) is 15.2. The van der Waals surface area contributed by atoms with Crippen LogP contribution in [0.2, 0.25) is 5.02 Å². The monoisotopic (exact) mass is 361 g/mol. The molecule has 0 saturated heterocycles. The summed E-state index contributed by atoms with van der Waals surface area (Å²) in [6.45, 7) is 1.96. The van der Waals surface area contributed by atoms with Crippen LogP contribution in [0.4, 0.5) is 0 Å². The molecule has 0 aliphatic carbocycles.